The highest BCUT2D eigenvalue weighted by atomic mass is 19.1. The fraction of sp³-hybridized carbons (Fsp3) is 0.250. The van der Waals surface area contributed by atoms with Gasteiger partial charge in [-0.15, -0.1) is 0 Å². The summed E-state index contributed by atoms with van der Waals surface area (Å²) in [6, 6.07) is 6.91. The topological polar surface area (TPSA) is 38.1 Å². The quantitative estimate of drug-likeness (QED) is 0.859. The zero-order valence-corrected chi connectivity index (χ0v) is 9.03. The molecule has 0 bridgehead atoms. The number of hydrogen-bond donors (Lipinski definition) is 1. The highest BCUT2D eigenvalue weighted by molar-refractivity contribution is 5.23. The summed E-state index contributed by atoms with van der Waals surface area (Å²) >= 11 is 0. The highest BCUT2D eigenvalue weighted by Gasteiger charge is 2.00. The lowest BCUT2D eigenvalue weighted by atomic mass is 10.1. The van der Waals surface area contributed by atoms with E-state index in [1.807, 2.05) is 12.1 Å². The van der Waals surface area contributed by atoms with Gasteiger partial charge in [-0.1, -0.05) is 17.3 Å². The molecule has 0 saturated carbocycles. The van der Waals surface area contributed by atoms with Crippen molar-refractivity contribution < 1.29 is 8.91 Å². The molecule has 0 aliphatic rings. The van der Waals surface area contributed by atoms with Crippen LogP contribution in [0.15, 0.2) is 35.1 Å². The second-order valence-electron chi connectivity index (χ2n) is 3.68. The van der Waals surface area contributed by atoms with Gasteiger partial charge in [-0.05, 0) is 24.1 Å². The number of rotatable bonds is 4. The van der Waals surface area contributed by atoms with Crippen LogP contribution in [-0.2, 0) is 13.1 Å². The Labute approximate surface area is 93.3 Å². The molecule has 0 aliphatic carbocycles. The van der Waals surface area contributed by atoms with Gasteiger partial charge in [0.05, 0.1) is 5.69 Å². The van der Waals surface area contributed by atoms with Crippen molar-refractivity contribution in [1.29, 1.82) is 0 Å². The van der Waals surface area contributed by atoms with Crippen LogP contribution in [0.5, 0.6) is 0 Å². The Morgan fingerprint density at radius 2 is 2.19 bits per heavy atom. The number of hydrogen-bond acceptors (Lipinski definition) is 3. The highest BCUT2D eigenvalue weighted by Crippen LogP contribution is 2.09. The van der Waals surface area contributed by atoms with Gasteiger partial charge in [0.1, 0.15) is 12.1 Å². The fourth-order valence-electron chi connectivity index (χ4n) is 1.48. The second-order valence-corrected chi connectivity index (χ2v) is 3.68. The van der Waals surface area contributed by atoms with Crippen molar-refractivity contribution in [2.75, 3.05) is 0 Å². The Balaban J connectivity index is 1.87. The first-order chi connectivity index (χ1) is 7.75. The van der Waals surface area contributed by atoms with Crippen LogP contribution in [-0.4, -0.2) is 5.16 Å². The maximum Gasteiger partial charge on any atom is 0.126 e. The SMILES string of the molecule is Cc1cc(CNCc2ccon2)ccc1F. The van der Waals surface area contributed by atoms with Gasteiger partial charge >= 0.3 is 0 Å². The monoisotopic (exact) mass is 220 g/mol. The van der Waals surface area contributed by atoms with Gasteiger partial charge in [0.15, 0.2) is 0 Å². The van der Waals surface area contributed by atoms with Crippen LogP contribution in [0, 0.1) is 12.7 Å². The van der Waals surface area contributed by atoms with Gasteiger partial charge in [0, 0.05) is 19.2 Å². The van der Waals surface area contributed by atoms with E-state index < -0.39 is 0 Å². The summed E-state index contributed by atoms with van der Waals surface area (Å²) in [5.41, 5.74) is 2.59. The molecule has 2 aromatic rings. The minimum atomic E-state index is -0.166. The first kappa shape index (κ1) is 10.8. The van der Waals surface area contributed by atoms with Crippen LogP contribution >= 0.6 is 0 Å². The molecule has 0 fully saturated rings. The van der Waals surface area contributed by atoms with E-state index in [-0.39, 0.29) is 5.82 Å². The lowest BCUT2D eigenvalue weighted by Crippen LogP contribution is -2.13. The Bertz CT molecular complexity index is 454. The molecule has 84 valence electrons. The molecule has 0 aliphatic heterocycles. The third-order valence-electron chi connectivity index (χ3n) is 2.35. The third-order valence-corrected chi connectivity index (χ3v) is 2.35. The number of nitrogens with zero attached hydrogens (tertiary/aromatic N) is 1. The van der Waals surface area contributed by atoms with Gasteiger partial charge in [-0.3, -0.25) is 0 Å². The lowest BCUT2D eigenvalue weighted by molar-refractivity contribution is 0.408. The van der Waals surface area contributed by atoms with Crippen LogP contribution in [0.3, 0.4) is 0 Å². The maximum atomic E-state index is 13.0. The van der Waals surface area contributed by atoms with Crippen molar-refractivity contribution in [3.8, 4) is 0 Å². The first-order valence-electron chi connectivity index (χ1n) is 5.11. The average molecular weight is 220 g/mol. The van der Waals surface area contributed by atoms with E-state index in [4.69, 9.17) is 4.52 Å². The molecule has 1 N–H and O–H groups in total. The van der Waals surface area contributed by atoms with E-state index in [1.165, 1.54) is 6.07 Å². The van der Waals surface area contributed by atoms with Crippen LogP contribution in [0.2, 0.25) is 0 Å². The van der Waals surface area contributed by atoms with Gasteiger partial charge in [0.25, 0.3) is 0 Å². The molecule has 3 nitrogen and oxygen atoms in total. The zero-order valence-electron chi connectivity index (χ0n) is 9.03. The Morgan fingerprint density at radius 3 is 2.88 bits per heavy atom. The van der Waals surface area contributed by atoms with Crippen molar-refractivity contribution in [3.05, 3.63) is 53.2 Å². The number of halogens is 1. The van der Waals surface area contributed by atoms with E-state index in [0.717, 1.165) is 11.3 Å². The van der Waals surface area contributed by atoms with Crippen LogP contribution in [0.4, 0.5) is 4.39 Å². The molecular formula is C12H13FN2O. The molecule has 0 unspecified atom stereocenters. The van der Waals surface area contributed by atoms with Crippen LogP contribution < -0.4 is 5.32 Å². The minimum absolute atomic E-state index is 0.166. The maximum absolute atomic E-state index is 13.0. The Kier molecular flexibility index (Phi) is 3.31. The molecule has 1 aromatic heterocycles. The molecule has 4 heteroatoms. The summed E-state index contributed by atoms with van der Waals surface area (Å²) in [6.45, 7) is 3.09. The third kappa shape index (κ3) is 2.67. The van der Waals surface area contributed by atoms with E-state index in [2.05, 4.69) is 10.5 Å². The van der Waals surface area contributed by atoms with E-state index in [0.29, 0.717) is 18.7 Å². The lowest BCUT2D eigenvalue weighted by Gasteiger charge is -2.04. The van der Waals surface area contributed by atoms with E-state index in [1.54, 1.807) is 19.3 Å². The summed E-state index contributed by atoms with van der Waals surface area (Å²) < 4.78 is 17.7. The van der Waals surface area contributed by atoms with E-state index in [9.17, 15) is 4.39 Å². The summed E-state index contributed by atoms with van der Waals surface area (Å²) in [5, 5.41) is 6.99. The number of nitrogens with one attached hydrogen (secondary N) is 1. The van der Waals surface area contributed by atoms with Crippen molar-refractivity contribution in [1.82, 2.24) is 10.5 Å². The number of aryl methyl sites for hydroxylation is 1. The predicted octanol–water partition coefficient (Wildman–Crippen LogP) is 2.41. The smallest absolute Gasteiger partial charge is 0.126 e. The zero-order chi connectivity index (χ0) is 11.4. The van der Waals surface area contributed by atoms with Gasteiger partial charge < -0.3 is 9.84 Å². The van der Waals surface area contributed by atoms with Crippen molar-refractivity contribution in [2.24, 2.45) is 0 Å². The van der Waals surface area contributed by atoms with Gasteiger partial charge in [-0.2, -0.15) is 0 Å². The van der Waals surface area contributed by atoms with Crippen LogP contribution in [0.25, 0.3) is 0 Å². The Morgan fingerprint density at radius 1 is 1.31 bits per heavy atom. The minimum Gasteiger partial charge on any atom is -0.364 e. The largest absolute Gasteiger partial charge is 0.364 e. The fourth-order valence-corrected chi connectivity index (χ4v) is 1.48. The summed E-state index contributed by atoms with van der Waals surface area (Å²) in [7, 11) is 0. The molecule has 0 atom stereocenters. The number of aromatic nitrogens is 1. The molecule has 0 radical (unpaired) electrons. The molecule has 0 amide bonds. The van der Waals surface area contributed by atoms with Gasteiger partial charge in [-0.25, -0.2) is 4.39 Å². The molecule has 16 heavy (non-hydrogen) atoms. The van der Waals surface area contributed by atoms with E-state index >= 15 is 0 Å². The van der Waals surface area contributed by atoms with Crippen molar-refractivity contribution in [3.63, 3.8) is 0 Å². The standard InChI is InChI=1S/C12H13FN2O/c1-9-6-10(2-3-12(9)13)7-14-8-11-4-5-16-15-11/h2-6,14H,7-8H2,1H3. The molecule has 0 spiro atoms. The molecule has 2 rings (SSSR count). The summed E-state index contributed by atoms with van der Waals surface area (Å²) in [6.07, 6.45) is 1.54. The number of benzene rings is 1. The second kappa shape index (κ2) is 4.90. The average Bonchev–Trinajstić information content (AvgIpc) is 2.76. The Hall–Kier alpha value is -1.68. The summed E-state index contributed by atoms with van der Waals surface area (Å²) in [4.78, 5) is 0. The molecule has 0 saturated heterocycles. The van der Waals surface area contributed by atoms with Crippen LogP contribution in [0.1, 0.15) is 16.8 Å². The van der Waals surface area contributed by atoms with Crippen molar-refractivity contribution in [2.45, 2.75) is 20.0 Å². The predicted molar refractivity (Wildman–Crippen MR) is 58.2 cm³/mol. The van der Waals surface area contributed by atoms with Crippen molar-refractivity contribution >= 4 is 0 Å². The normalized spacial score (nSPS) is 10.6. The molecule has 1 aromatic carbocycles. The molecular weight excluding hydrogens is 207 g/mol. The van der Waals surface area contributed by atoms with Gasteiger partial charge in [0.2, 0.25) is 0 Å². The molecule has 1 heterocycles. The summed E-state index contributed by atoms with van der Waals surface area (Å²) in [5.74, 6) is -0.166. The first-order valence-corrected chi connectivity index (χ1v) is 5.11.